The van der Waals surface area contributed by atoms with Gasteiger partial charge in [-0.25, -0.2) is 0 Å². The van der Waals surface area contributed by atoms with Crippen molar-refractivity contribution in [2.45, 2.75) is 13.0 Å². The van der Waals surface area contributed by atoms with Crippen LogP contribution >= 0.6 is 0 Å². The fourth-order valence-electron chi connectivity index (χ4n) is 0. The maximum Gasteiger partial charge on any atom is 0.0442 e. The molecule has 0 amide bonds. The molecule has 0 radical (unpaired) electrons. The van der Waals surface area contributed by atoms with Crippen molar-refractivity contribution >= 4 is 0 Å². The molecule has 0 saturated heterocycles. The lowest BCUT2D eigenvalue weighted by atomic mass is 10.4. The Bertz CT molecular complexity index is 29.8. The molecule has 0 spiro atoms. The number of nitrogens with two attached hydrogens (primary N) is 2. The van der Waals surface area contributed by atoms with Crippen LogP contribution < -0.4 is 11.5 Å². The molecule has 2 heteroatoms. The molecule has 2 atom stereocenters. The van der Waals surface area contributed by atoms with Crippen LogP contribution in [0.25, 0.3) is 0 Å². The van der Waals surface area contributed by atoms with E-state index in [-0.39, 0.29) is 6.04 Å². The van der Waals surface area contributed by atoms with Crippen LogP contribution in [0.1, 0.15) is 8.29 Å². The van der Waals surface area contributed by atoms with E-state index in [1.807, 2.05) is 0 Å². The average molecular weight is 75.1 g/mol. The summed E-state index contributed by atoms with van der Waals surface area (Å²) < 4.78 is 6.69. The van der Waals surface area contributed by atoms with Crippen molar-refractivity contribution in [2.75, 3.05) is 6.52 Å². The van der Waals surface area contributed by atoms with Gasteiger partial charge in [0.2, 0.25) is 0 Å². The van der Waals surface area contributed by atoms with Gasteiger partial charge >= 0.3 is 0 Å². The first kappa shape index (κ1) is 3.12. The molecule has 0 saturated carbocycles. The van der Waals surface area contributed by atoms with Gasteiger partial charge in [0, 0.05) is 13.9 Å². The van der Waals surface area contributed by atoms with Crippen LogP contribution in [0.2, 0.25) is 0 Å². The van der Waals surface area contributed by atoms with E-state index in [2.05, 4.69) is 0 Å². The number of hydrogen-bond donors (Lipinski definition) is 2. The molecule has 2 nitrogen and oxygen atoms in total. The van der Waals surface area contributed by atoms with Gasteiger partial charge in [-0.1, -0.05) is 0 Å². The van der Waals surface area contributed by atoms with Crippen LogP contribution in [0.3, 0.4) is 0 Å². The standard InChI is InChI=1S/C3H10N2/c1-3(5)2-4/h3H,2,4-5H2,1H3/i2D. The highest BCUT2D eigenvalue weighted by atomic mass is 14.7. The maximum atomic E-state index is 6.69. The van der Waals surface area contributed by atoms with E-state index in [0.717, 1.165) is 0 Å². The van der Waals surface area contributed by atoms with Crippen molar-refractivity contribution in [2.24, 2.45) is 11.5 Å². The fraction of sp³-hybridized carbons (Fsp3) is 1.00. The molecule has 32 valence electrons. The van der Waals surface area contributed by atoms with E-state index in [0.29, 0.717) is 0 Å². The monoisotopic (exact) mass is 75.1 g/mol. The van der Waals surface area contributed by atoms with E-state index in [4.69, 9.17) is 12.8 Å². The lowest BCUT2D eigenvalue weighted by Gasteiger charge is -1.92. The Kier molecular flexibility index (Phi) is 1.36. The Balaban J connectivity index is 2.99. The second kappa shape index (κ2) is 2.18. The van der Waals surface area contributed by atoms with Crippen molar-refractivity contribution in [1.29, 1.82) is 0 Å². The van der Waals surface area contributed by atoms with Crippen molar-refractivity contribution < 1.29 is 1.37 Å². The van der Waals surface area contributed by atoms with Gasteiger partial charge in [0.05, 0.1) is 0 Å². The van der Waals surface area contributed by atoms with E-state index in [1.54, 1.807) is 6.92 Å². The third kappa shape index (κ3) is 3.92. The van der Waals surface area contributed by atoms with E-state index >= 15 is 0 Å². The molecule has 4 N–H and O–H groups in total. The highest BCUT2D eigenvalue weighted by Crippen LogP contribution is 1.59. The van der Waals surface area contributed by atoms with Gasteiger partial charge in [-0.15, -0.1) is 0 Å². The van der Waals surface area contributed by atoms with Crippen LogP contribution in [0.4, 0.5) is 0 Å². The van der Waals surface area contributed by atoms with Gasteiger partial charge in [0.1, 0.15) is 0 Å². The quantitative estimate of drug-likeness (QED) is 0.432. The van der Waals surface area contributed by atoms with Gasteiger partial charge < -0.3 is 11.5 Å². The van der Waals surface area contributed by atoms with Crippen LogP contribution in [-0.4, -0.2) is 12.6 Å². The summed E-state index contributed by atoms with van der Waals surface area (Å²) in [6, 6.07) is -0.204. The summed E-state index contributed by atoms with van der Waals surface area (Å²) in [5.74, 6) is 0. The molecule has 0 bridgehead atoms. The number of hydrogen-bond acceptors (Lipinski definition) is 2. The fourth-order valence-corrected chi connectivity index (χ4v) is 0. The number of rotatable bonds is 1. The summed E-state index contributed by atoms with van der Waals surface area (Å²) in [6.07, 6.45) is 0. The normalized spacial score (nSPS) is 24.2. The Morgan fingerprint density at radius 3 is 2.40 bits per heavy atom. The Labute approximate surface area is 33.6 Å². The summed E-state index contributed by atoms with van der Waals surface area (Å²) >= 11 is 0. The first-order valence-corrected chi connectivity index (χ1v) is 1.58. The zero-order valence-electron chi connectivity index (χ0n) is 4.31. The summed E-state index contributed by atoms with van der Waals surface area (Å²) in [5.41, 5.74) is 10.1. The van der Waals surface area contributed by atoms with Gasteiger partial charge in [-0.3, -0.25) is 0 Å². The highest BCUT2D eigenvalue weighted by Gasteiger charge is 1.79. The first-order chi connectivity index (χ1) is 2.64. The van der Waals surface area contributed by atoms with Crippen molar-refractivity contribution in [3.05, 3.63) is 0 Å². The third-order valence-corrected chi connectivity index (χ3v) is 0.304. The lowest BCUT2D eigenvalue weighted by Crippen LogP contribution is -2.25. The summed E-state index contributed by atoms with van der Waals surface area (Å²) in [4.78, 5) is 0. The van der Waals surface area contributed by atoms with Gasteiger partial charge in [0.15, 0.2) is 0 Å². The van der Waals surface area contributed by atoms with Crippen LogP contribution in [-0.2, 0) is 0 Å². The lowest BCUT2D eigenvalue weighted by molar-refractivity contribution is 0.752. The topological polar surface area (TPSA) is 52.0 Å². The minimum Gasteiger partial charge on any atom is -0.329 e. The summed E-state index contributed by atoms with van der Waals surface area (Å²) in [5, 5.41) is 0. The Hall–Kier alpha value is -0.0800. The molecule has 0 heterocycles. The van der Waals surface area contributed by atoms with Crippen LogP contribution in [0.15, 0.2) is 0 Å². The minimum atomic E-state index is -0.620. The predicted octanol–water partition coefficient (Wildman–Crippen LogP) is -0.708. The zero-order chi connectivity index (χ0) is 5.15. The van der Waals surface area contributed by atoms with E-state index in [1.165, 1.54) is 0 Å². The Morgan fingerprint density at radius 2 is 2.40 bits per heavy atom. The second-order valence-corrected chi connectivity index (χ2v) is 1.05. The Morgan fingerprint density at radius 1 is 2.20 bits per heavy atom. The molecule has 0 aromatic rings. The third-order valence-electron chi connectivity index (χ3n) is 0.304. The molecule has 0 rings (SSSR count). The van der Waals surface area contributed by atoms with Crippen molar-refractivity contribution in [1.82, 2.24) is 0 Å². The zero-order valence-corrected chi connectivity index (χ0v) is 3.31. The van der Waals surface area contributed by atoms with E-state index in [9.17, 15) is 0 Å². The molecule has 0 aliphatic carbocycles. The van der Waals surface area contributed by atoms with Gasteiger partial charge in [-0.2, -0.15) is 0 Å². The van der Waals surface area contributed by atoms with Gasteiger partial charge in [0.25, 0.3) is 0 Å². The predicted molar refractivity (Wildman–Crippen MR) is 22.7 cm³/mol. The molecule has 0 aromatic carbocycles. The second-order valence-electron chi connectivity index (χ2n) is 1.05. The van der Waals surface area contributed by atoms with E-state index < -0.39 is 6.52 Å². The smallest absolute Gasteiger partial charge is 0.0442 e. The largest absolute Gasteiger partial charge is 0.329 e. The molecular weight excluding hydrogens is 64.0 g/mol. The molecule has 5 heavy (non-hydrogen) atoms. The molecule has 0 aliphatic heterocycles. The summed E-state index contributed by atoms with van der Waals surface area (Å²) in [6.45, 7) is 1.09. The van der Waals surface area contributed by atoms with Crippen LogP contribution in [0, 0.1) is 0 Å². The van der Waals surface area contributed by atoms with Crippen molar-refractivity contribution in [3.63, 3.8) is 0 Å². The molecule has 0 aromatic heterocycles. The van der Waals surface area contributed by atoms with Crippen molar-refractivity contribution in [3.8, 4) is 0 Å². The molecular formula is C3H10N2. The summed E-state index contributed by atoms with van der Waals surface area (Å²) in [7, 11) is 0. The average Bonchev–Trinajstić information content (AvgIpc) is 1.36. The SMILES string of the molecule is [2H]C(N)C(C)N. The van der Waals surface area contributed by atoms with Crippen LogP contribution in [0.5, 0.6) is 0 Å². The van der Waals surface area contributed by atoms with Gasteiger partial charge in [-0.05, 0) is 6.92 Å². The highest BCUT2D eigenvalue weighted by molar-refractivity contribution is 4.48. The molecule has 2 unspecified atom stereocenters. The molecule has 0 fully saturated rings. The maximum absolute atomic E-state index is 6.69. The molecule has 0 aliphatic rings. The first-order valence-electron chi connectivity index (χ1n) is 2.15. The minimum absolute atomic E-state index is 0.204.